The molecule has 4 nitrogen and oxygen atoms in total. The molecular weight excluding hydrogens is 426 g/mol. The molecule has 3 aromatic rings. The molecule has 0 saturated carbocycles. The second-order valence-electron chi connectivity index (χ2n) is 6.61. The van der Waals surface area contributed by atoms with Gasteiger partial charge in [0.2, 0.25) is 0 Å². The van der Waals surface area contributed by atoms with Crippen molar-refractivity contribution in [2.75, 3.05) is 14.1 Å². The molecule has 1 unspecified atom stereocenters. The Morgan fingerprint density at radius 1 is 1.18 bits per heavy atom. The third-order valence-corrected chi connectivity index (χ3v) is 7.99. The van der Waals surface area contributed by atoms with Crippen molar-refractivity contribution in [1.29, 1.82) is 0 Å². The normalized spacial score (nSPS) is 13.4. The summed E-state index contributed by atoms with van der Waals surface area (Å²) in [5.41, 5.74) is 0.144. The van der Waals surface area contributed by atoms with E-state index in [2.05, 4.69) is 0 Å². The van der Waals surface area contributed by atoms with Crippen LogP contribution in [-0.2, 0) is 10.0 Å². The summed E-state index contributed by atoms with van der Waals surface area (Å²) in [4.78, 5) is 2.37. The van der Waals surface area contributed by atoms with E-state index in [4.69, 9.17) is 11.6 Å². The van der Waals surface area contributed by atoms with Gasteiger partial charge in [-0.15, -0.1) is 11.8 Å². The number of thioether (sulfide) groups is 1. The molecule has 0 aliphatic heterocycles. The Morgan fingerprint density at radius 3 is 2.46 bits per heavy atom. The summed E-state index contributed by atoms with van der Waals surface area (Å²) >= 11 is 7.29. The maximum atomic E-state index is 14.8. The van der Waals surface area contributed by atoms with Crippen molar-refractivity contribution in [2.45, 2.75) is 29.0 Å². The predicted molar refractivity (Wildman–Crippen MR) is 110 cm³/mol. The summed E-state index contributed by atoms with van der Waals surface area (Å²) in [6.07, 6.45) is 0. The van der Waals surface area contributed by atoms with E-state index in [1.54, 1.807) is 13.0 Å². The van der Waals surface area contributed by atoms with Gasteiger partial charge in [0, 0.05) is 27.1 Å². The second-order valence-corrected chi connectivity index (χ2v) is 10.2. The maximum absolute atomic E-state index is 14.8. The highest BCUT2D eigenvalue weighted by Gasteiger charge is 2.29. The third-order valence-electron chi connectivity index (χ3n) is 4.46. The molecular formula is C19H19ClF2N2O2S2. The molecule has 0 amide bonds. The van der Waals surface area contributed by atoms with Crippen LogP contribution in [0.15, 0.2) is 46.2 Å². The molecule has 0 saturated heterocycles. The first-order valence-corrected chi connectivity index (χ1v) is 11.1. The number of nitrogens with zero attached hydrogens (tertiary/aromatic N) is 2. The lowest BCUT2D eigenvalue weighted by molar-refractivity contribution is 0.402. The molecule has 0 bridgehead atoms. The summed E-state index contributed by atoms with van der Waals surface area (Å²) in [7, 11) is -0.404. The van der Waals surface area contributed by atoms with Crippen LogP contribution in [0.2, 0.25) is 5.02 Å². The quantitative estimate of drug-likeness (QED) is 0.404. The minimum absolute atomic E-state index is 0.0436. The van der Waals surface area contributed by atoms with Gasteiger partial charge >= 0.3 is 0 Å². The molecule has 9 heteroatoms. The Bertz CT molecular complexity index is 1160. The zero-order valence-corrected chi connectivity index (χ0v) is 18.1. The van der Waals surface area contributed by atoms with Gasteiger partial charge in [-0.25, -0.2) is 21.2 Å². The van der Waals surface area contributed by atoms with Crippen LogP contribution in [0.4, 0.5) is 8.78 Å². The first-order valence-electron chi connectivity index (χ1n) is 8.38. The highest BCUT2D eigenvalue weighted by Crippen LogP contribution is 2.40. The Morgan fingerprint density at radius 2 is 1.86 bits per heavy atom. The molecule has 1 heterocycles. The van der Waals surface area contributed by atoms with Crippen molar-refractivity contribution >= 4 is 44.3 Å². The Hall–Kier alpha value is -1.61. The molecule has 0 N–H and O–H groups in total. The first kappa shape index (κ1) is 21.1. The topological polar surface area (TPSA) is 42.3 Å². The van der Waals surface area contributed by atoms with Gasteiger partial charge in [0.05, 0.1) is 10.3 Å². The number of hydrogen-bond donors (Lipinski definition) is 0. The van der Waals surface area contributed by atoms with Crippen molar-refractivity contribution in [3.63, 3.8) is 0 Å². The van der Waals surface area contributed by atoms with Gasteiger partial charge < -0.3 is 0 Å². The van der Waals surface area contributed by atoms with Crippen molar-refractivity contribution in [2.24, 2.45) is 0 Å². The van der Waals surface area contributed by atoms with Gasteiger partial charge in [0.25, 0.3) is 10.0 Å². The van der Waals surface area contributed by atoms with Gasteiger partial charge in [-0.1, -0.05) is 17.7 Å². The molecule has 28 heavy (non-hydrogen) atoms. The van der Waals surface area contributed by atoms with E-state index in [1.807, 2.05) is 25.9 Å². The lowest BCUT2D eigenvalue weighted by atomic mass is 10.2. The van der Waals surface area contributed by atoms with Crippen molar-refractivity contribution in [1.82, 2.24) is 8.87 Å². The molecule has 150 valence electrons. The molecule has 1 aromatic heterocycles. The minimum atomic E-state index is -4.15. The van der Waals surface area contributed by atoms with Crippen LogP contribution in [0.25, 0.3) is 10.9 Å². The highest BCUT2D eigenvalue weighted by atomic mass is 35.5. The summed E-state index contributed by atoms with van der Waals surface area (Å²) in [6, 6.07) is 7.62. The fourth-order valence-corrected chi connectivity index (χ4v) is 5.88. The molecule has 2 aromatic carbocycles. The molecule has 0 aliphatic rings. The van der Waals surface area contributed by atoms with Crippen LogP contribution in [0, 0.1) is 18.6 Å². The molecule has 3 rings (SSSR count). The van der Waals surface area contributed by atoms with Crippen LogP contribution in [-0.4, -0.2) is 36.8 Å². The van der Waals surface area contributed by atoms with Gasteiger partial charge in [0.1, 0.15) is 11.3 Å². The third kappa shape index (κ3) is 3.66. The predicted octanol–water partition coefficient (Wildman–Crippen LogP) is 5.12. The summed E-state index contributed by atoms with van der Waals surface area (Å²) in [5.74, 6) is -1.70. The number of fused-ring (bicyclic) bond motifs is 1. The van der Waals surface area contributed by atoms with Gasteiger partial charge in [-0.05, 0) is 52.2 Å². The molecule has 0 aliphatic carbocycles. The van der Waals surface area contributed by atoms with Gasteiger partial charge in [-0.3, -0.25) is 4.90 Å². The molecule has 0 radical (unpaired) electrons. The molecule has 0 spiro atoms. The minimum Gasteiger partial charge on any atom is -0.298 e. The molecule has 1 atom stereocenters. The second kappa shape index (κ2) is 7.67. The Labute approximate surface area is 172 Å². The average molecular weight is 445 g/mol. The van der Waals surface area contributed by atoms with Gasteiger partial charge in [0.15, 0.2) is 5.82 Å². The SMILES string of the molecule is Cc1c(SC(C)N(C)C)c2cc(F)cc(F)c2n1S(=O)(=O)c1cccc(Cl)c1. The maximum Gasteiger partial charge on any atom is 0.268 e. The van der Waals surface area contributed by atoms with Crippen LogP contribution >= 0.6 is 23.4 Å². The lowest BCUT2D eigenvalue weighted by Crippen LogP contribution is -2.21. The zero-order valence-electron chi connectivity index (χ0n) is 15.7. The van der Waals surface area contributed by atoms with E-state index in [-0.39, 0.29) is 26.2 Å². The lowest BCUT2D eigenvalue weighted by Gasteiger charge is -2.19. The number of aromatic nitrogens is 1. The van der Waals surface area contributed by atoms with Crippen LogP contribution < -0.4 is 0 Å². The first-order chi connectivity index (χ1) is 13.0. The van der Waals surface area contributed by atoms with Gasteiger partial charge in [-0.2, -0.15) is 0 Å². The fourth-order valence-electron chi connectivity index (χ4n) is 2.86. The number of benzene rings is 2. The number of rotatable bonds is 5. The Balaban J connectivity index is 2.36. The van der Waals surface area contributed by atoms with E-state index < -0.39 is 21.7 Å². The number of halogens is 3. The van der Waals surface area contributed by atoms with Crippen LogP contribution in [0.5, 0.6) is 0 Å². The Kier molecular flexibility index (Phi) is 5.78. The van der Waals surface area contributed by atoms with E-state index >= 15 is 0 Å². The zero-order chi connectivity index (χ0) is 20.8. The largest absolute Gasteiger partial charge is 0.298 e. The number of hydrogen-bond acceptors (Lipinski definition) is 4. The smallest absolute Gasteiger partial charge is 0.268 e. The fraction of sp³-hybridized carbons (Fsp3) is 0.263. The van der Waals surface area contributed by atoms with E-state index in [0.29, 0.717) is 16.7 Å². The summed E-state index contributed by atoms with van der Waals surface area (Å²) in [6.45, 7) is 3.51. The molecule has 0 fully saturated rings. The van der Waals surface area contributed by atoms with E-state index in [9.17, 15) is 17.2 Å². The van der Waals surface area contributed by atoms with Crippen LogP contribution in [0.3, 0.4) is 0 Å². The average Bonchev–Trinajstić information content (AvgIpc) is 2.88. The monoisotopic (exact) mass is 444 g/mol. The summed E-state index contributed by atoms with van der Waals surface area (Å²) < 4.78 is 56.3. The van der Waals surface area contributed by atoms with Crippen molar-refractivity contribution in [3.05, 3.63) is 58.7 Å². The van der Waals surface area contributed by atoms with Crippen LogP contribution in [0.1, 0.15) is 12.6 Å². The van der Waals surface area contributed by atoms with Crippen molar-refractivity contribution in [3.8, 4) is 0 Å². The van der Waals surface area contributed by atoms with E-state index in [1.165, 1.54) is 36.0 Å². The summed E-state index contributed by atoms with van der Waals surface area (Å²) in [5, 5.41) is 0.426. The van der Waals surface area contributed by atoms with Crippen molar-refractivity contribution < 1.29 is 17.2 Å². The standard InChI is InChI=1S/C19H19ClF2N2O2S2/c1-11-19(27-12(2)23(3)4)16-9-14(21)10-17(22)18(16)24(11)28(25,26)15-7-5-6-13(20)8-15/h5-10,12H,1-4H3. The van der Waals surface area contributed by atoms with E-state index in [0.717, 1.165) is 3.97 Å². The highest BCUT2D eigenvalue weighted by molar-refractivity contribution is 8.00.